The van der Waals surface area contributed by atoms with Gasteiger partial charge in [-0.3, -0.25) is 14.9 Å². The molecule has 1 N–H and O–H groups in total. The predicted octanol–water partition coefficient (Wildman–Crippen LogP) is 6.91. The number of ether oxygens (including phenoxy) is 1. The van der Waals surface area contributed by atoms with Gasteiger partial charge in [0.15, 0.2) is 5.75 Å². The van der Waals surface area contributed by atoms with Crippen LogP contribution >= 0.6 is 61.7 Å². The Labute approximate surface area is 233 Å². The molecule has 3 aromatic rings. The van der Waals surface area contributed by atoms with Crippen molar-refractivity contribution in [3.05, 3.63) is 94.9 Å². The number of halogens is 4. The maximum atomic E-state index is 13.1. The molecular formula is C25H16BrCl2IN2O4. The van der Waals surface area contributed by atoms with Crippen molar-refractivity contribution < 1.29 is 19.1 Å². The van der Waals surface area contributed by atoms with Gasteiger partial charge in [0.2, 0.25) is 0 Å². The summed E-state index contributed by atoms with van der Waals surface area (Å²) >= 11 is 18.4. The molecule has 0 radical (unpaired) electrons. The average Bonchev–Trinajstić information content (AvgIpc) is 2.79. The fraction of sp³-hybridized carbons (Fsp3) is 0.0800. The van der Waals surface area contributed by atoms with E-state index in [4.69, 9.17) is 27.9 Å². The maximum Gasteiger partial charge on any atom is 0.335 e. The smallest absolute Gasteiger partial charge is 0.335 e. The van der Waals surface area contributed by atoms with E-state index >= 15 is 0 Å². The first-order chi connectivity index (χ1) is 16.6. The number of nitrogens with one attached hydrogen (secondary N) is 1. The summed E-state index contributed by atoms with van der Waals surface area (Å²) in [6.07, 6.45) is 1.34. The van der Waals surface area contributed by atoms with Gasteiger partial charge in [0.25, 0.3) is 11.8 Å². The van der Waals surface area contributed by atoms with Gasteiger partial charge in [-0.25, -0.2) is 9.69 Å². The third kappa shape index (κ3) is 5.72. The van der Waals surface area contributed by atoms with Crippen LogP contribution in [0.4, 0.5) is 10.5 Å². The Bertz CT molecular complexity index is 1370. The standard InChI is InChI=1S/C25H16BrCl2IN2O4/c1-13-8-17(6-7-19(13)26)31-24(33)18(23(32)30-25(31)34)9-15-10-20(27)22(21(28)11-15)35-12-14-2-4-16(29)5-3-14/h2-11H,12H2,1H3,(H,30,32,34)/b18-9+. The molecule has 0 bridgehead atoms. The van der Waals surface area contributed by atoms with Gasteiger partial charge in [0, 0.05) is 8.04 Å². The van der Waals surface area contributed by atoms with Crippen molar-refractivity contribution in [3.63, 3.8) is 0 Å². The molecule has 0 aliphatic carbocycles. The number of urea groups is 1. The Kier molecular flexibility index (Phi) is 7.85. The van der Waals surface area contributed by atoms with E-state index in [0.29, 0.717) is 11.3 Å². The maximum absolute atomic E-state index is 13.1. The van der Waals surface area contributed by atoms with Crippen molar-refractivity contribution in [1.29, 1.82) is 0 Å². The highest BCUT2D eigenvalue weighted by Gasteiger charge is 2.37. The molecule has 35 heavy (non-hydrogen) atoms. The number of nitrogens with zero attached hydrogens (tertiary/aromatic N) is 1. The Morgan fingerprint density at radius 1 is 1.03 bits per heavy atom. The molecule has 4 rings (SSSR count). The van der Waals surface area contributed by atoms with Crippen molar-refractivity contribution in [1.82, 2.24) is 5.32 Å². The van der Waals surface area contributed by atoms with Crippen molar-refractivity contribution in [3.8, 4) is 5.75 Å². The second-order valence-corrected chi connectivity index (χ2v) is 10.5. The lowest BCUT2D eigenvalue weighted by molar-refractivity contribution is -0.122. The van der Waals surface area contributed by atoms with Gasteiger partial charge < -0.3 is 4.74 Å². The zero-order chi connectivity index (χ0) is 25.3. The number of aryl methyl sites for hydroxylation is 1. The number of benzene rings is 3. The van der Waals surface area contributed by atoms with E-state index in [2.05, 4.69) is 43.8 Å². The largest absolute Gasteiger partial charge is 0.486 e. The highest BCUT2D eigenvalue weighted by Crippen LogP contribution is 2.36. The lowest BCUT2D eigenvalue weighted by atomic mass is 10.1. The number of imide groups is 2. The molecule has 3 aromatic carbocycles. The first-order valence-electron chi connectivity index (χ1n) is 10.2. The lowest BCUT2D eigenvalue weighted by Gasteiger charge is -2.26. The number of amides is 4. The summed E-state index contributed by atoms with van der Waals surface area (Å²) in [6, 6.07) is 15.1. The van der Waals surface area contributed by atoms with E-state index in [1.165, 1.54) is 18.2 Å². The minimum Gasteiger partial charge on any atom is -0.486 e. The van der Waals surface area contributed by atoms with Crippen molar-refractivity contribution in [2.24, 2.45) is 0 Å². The summed E-state index contributed by atoms with van der Waals surface area (Å²) < 4.78 is 7.73. The first-order valence-corrected chi connectivity index (χ1v) is 12.8. The van der Waals surface area contributed by atoms with Gasteiger partial charge in [-0.1, -0.05) is 51.3 Å². The number of hydrogen-bond acceptors (Lipinski definition) is 4. The molecule has 4 amide bonds. The van der Waals surface area contributed by atoms with Crippen LogP contribution in [0.25, 0.3) is 6.08 Å². The molecule has 0 atom stereocenters. The molecule has 6 nitrogen and oxygen atoms in total. The lowest BCUT2D eigenvalue weighted by Crippen LogP contribution is -2.54. The second kappa shape index (κ2) is 10.7. The normalized spacial score (nSPS) is 14.9. The van der Waals surface area contributed by atoms with Gasteiger partial charge in [0.1, 0.15) is 12.2 Å². The Hall–Kier alpha value is -2.40. The van der Waals surface area contributed by atoms with E-state index in [-0.39, 0.29) is 28.0 Å². The quantitative estimate of drug-likeness (QED) is 0.180. The number of rotatable bonds is 5. The summed E-state index contributed by atoms with van der Waals surface area (Å²) in [5.74, 6) is -1.28. The summed E-state index contributed by atoms with van der Waals surface area (Å²) in [5.41, 5.74) is 2.28. The number of barbiturate groups is 1. The minimum atomic E-state index is -0.825. The molecule has 0 saturated carbocycles. The van der Waals surface area contributed by atoms with Crippen LogP contribution in [0.1, 0.15) is 16.7 Å². The molecule has 1 aliphatic rings. The molecule has 1 saturated heterocycles. The van der Waals surface area contributed by atoms with E-state index in [1.54, 1.807) is 18.2 Å². The average molecular weight is 686 g/mol. The van der Waals surface area contributed by atoms with Gasteiger partial charge in [-0.05, 0) is 94.7 Å². The number of carbonyl (C=O) groups excluding carboxylic acids is 3. The Morgan fingerprint density at radius 3 is 2.31 bits per heavy atom. The van der Waals surface area contributed by atoms with Crippen molar-refractivity contribution >= 4 is 91.3 Å². The molecule has 1 fully saturated rings. The van der Waals surface area contributed by atoms with Crippen LogP contribution in [-0.4, -0.2) is 17.8 Å². The minimum absolute atomic E-state index is 0.218. The molecule has 10 heteroatoms. The highest BCUT2D eigenvalue weighted by atomic mass is 127. The number of carbonyl (C=O) groups is 3. The van der Waals surface area contributed by atoms with Crippen LogP contribution in [0.15, 0.2) is 64.6 Å². The fourth-order valence-electron chi connectivity index (χ4n) is 3.36. The Morgan fingerprint density at radius 2 is 1.69 bits per heavy atom. The monoisotopic (exact) mass is 684 g/mol. The Balaban J connectivity index is 1.61. The fourth-order valence-corrected chi connectivity index (χ4v) is 4.58. The van der Waals surface area contributed by atoms with Crippen molar-refractivity contribution in [2.45, 2.75) is 13.5 Å². The molecule has 0 aromatic heterocycles. The first kappa shape index (κ1) is 25.7. The highest BCUT2D eigenvalue weighted by molar-refractivity contribution is 14.1. The topological polar surface area (TPSA) is 75.7 Å². The summed E-state index contributed by atoms with van der Waals surface area (Å²) in [6.45, 7) is 2.09. The molecular weight excluding hydrogens is 670 g/mol. The van der Waals surface area contributed by atoms with Gasteiger partial charge in [-0.15, -0.1) is 0 Å². The third-order valence-electron chi connectivity index (χ3n) is 5.13. The van der Waals surface area contributed by atoms with Crippen LogP contribution in [0, 0.1) is 10.5 Å². The predicted molar refractivity (Wildman–Crippen MR) is 148 cm³/mol. The SMILES string of the molecule is Cc1cc(N2C(=O)NC(=O)/C(=C\c3cc(Cl)c(OCc4ccc(I)cc4)c(Cl)c3)C2=O)ccc1Br. The molecule has 1 heterocycles. The van der Waals surface area contributed by atoms with E-state index in [0.717, 1.165) is 24.1 Å². The van der Waals surface area contributed by atoms with Crippen molar-refractivity contribution in [2.75, 3.05) is 4.90 Å². The van der Waals surface area contributed by atoms with Crippen LogP contribution < -0.4 is 15.0 Å². The molecule has 0 unspecified atom stereocenters. The van der Waals surface area contributed by atoms with Crippen LogP contribution in [0.5, 0.6) is 5.75 Å². The van der Waals surface area contributed by atoms with E-state index in [9.17, 15) is 14.4 Å². The second-order valence-electron chi connectivity index (χ2n) is 7.62. The summed E-state index contributed by atoms with van der Waals surface area (Å²) in [5, 5.41) is 2.64. The zero-order valence-corrected chi connectivity index (χ0v) is 23.3. The van der Waals surface area contributed by atoms with Gasteiger partial charge in [-0.2, -0.15) is 0 Å². The van der Waals surface area contributed by atoms with Crippen LogP contribution in [0.2, 0.25) is 10.0 Å². The molecule has 178 valence electrons. The van der Waals surface area contributed by atoms with Gasteiger partial charge in [0.05, 0.1) is 15.7 Å². The molecule has 0 spiro atoms. The number of hydrogen-bond donors (Lipinski definition) is 1. The third-order valence-corrected chi connectivity index (χ3v) is 7.30. The van der Waals surface area contributed by atoms with Crippen LogP contribution in [0.3, 0.4) is 0 Å². The van der Waals surface area contributed by atoms with E-state index in [1.807, 2.05) is 31.2 Å². The summed E-state index contributed by atoms with van der Waals surface area (Å²) in [4.78, 5) is 39.0. The van der Waals surface area contributed by atoms with E-state index < -0.39 is 17.8 Å². The number of anilines is 1. The molecule has 1 aliphatic heterocycles. The summed E-state index contributed by atoms with van der Waals surface area (Å²) in [7, 11) is 0. The zero-order valence-electron chi connectivity index (χ0n) is 18.1. The van der Waals surface area contributed by atoms with Gasteiger partial charge >= 0.3 is 6.03 Å². The van der Waals surface area contributed by atoms with Crippen LogP contribution in [-0.2, 0) is 16.2 Å².